The van der Waals surface area contributed by atoms with E-state index in [1.165, 1.54) is 0 Å². The SMILES string of the molecule is COc1ccc(C2CC(=O)N(c3ccncc3)C2)cc1OC. The van der Waals surface area contributed by atoms with Crippen LogP contribution in [0.5, 0.6) is 11.5 Å². The zero-order valence-corrected chi connectivity index (χ0v) is 12.7. The first-order valence-electron chi connectivity index (χ1n) is 7.15. The Morgan fingerprint density at radius 3 is 2.50 bits per heavy atom. The molecule has 1 unspecified atom stereocenters. The molecular formula is C17H18N2O3. The van der Waals surface area contributed by atoms with Crippen LogP contribution < -0.4 is 14.4 Å². The maximum Gasteiger partial charge on any atom is 0.227 e. The van der Waals surface area contributed by atoms with E-state index >= 15 is 0 Å². The predicted octanol–water partition coefficient (Wildman–Crippen LogP) is 2.62. The first-order valence-corrected chi connectivity index (χ1v) is 7.15. The number of nitrogens with zero attached hydrogens (tertiary/aromatic N) is 2. The molecule has 0 bridgehead atoms. The molecule has 0 spiro atoms. The molecule has 5 heteroatoms. The van der Waals surface area contributed by atoms with Crippen LogP contribution in [-0.2, 0) is 4.79 Å². The molecule has 0 saturated carbocycles. The fraction of sp³-hybridized carbons (Fsp3) is 0.294. The van der Waals surface area contributed by atoms with Gasteiger partial charge >= 0.3 is 0 Å². The Kier molecular flexibility index (Phi) is 3.96. The first-order chi connectivity index (χ1) is 10.7. The molecule has 1 amide bonds. The molecular weight excluding hydrogens is 280 g/mol. The summed E-state index contributed by atoms with van der Waals surface area (Å²) >= 11 is 0. The molecule has 1 saturated heterocycles. The minimum Gasteiger partial charge on any atom is -0.493 e. The van der Waals surface area contributed by atoms with Crippen molar-refractivity contribution in [3.8, 4) is 11.5 Å². The molecule has 1 aromatic carbocycles. The van der Waals surface area contributed by atoms with Crippen molar-refractivity contribution in [1.82, 2.24) is 4.98 Å². The Balaban J connectivity index is 1.84. The number of anilines is 1. The second-order valence-corrected chi connectivity index (χ2v) is 5.23. The van der Waals surface area contributed by atoms with Crippen LogP contribution in [0, 0.1) is 0 Å². The lowest BCUT2D eigenvalue weighted by atomic mass is 9.98. The maximum atomic E-state index is 12.3. The van der Waals surface area contributed by atoms with Crippen LogP contribution in [0.4, 0.5) is 5.69 Å². The Hall–Kier alpha value is -2.56. The second kappa shape index (κ2) is 6.05. The highest BCUT2D eigenvalue weighted by Crippen LogP contribution is 2.36. The number of amides is 1. The smallest absolute Gasteiger partial charge is 0.227 e. The number of pyridine rings is 1. The van der Waals surface area contributed by atoms with Gasteiger partial charge in [-0.1, -0.05) is 6.07 Å². The van der Waals surface area contributed by atoms with Crippen molar-refractivity contribution in [3.63, 3.8) is 0 Å². The quantitative estimate of drug-likeness (QED) is 0.870. The molecule has 1 aliphatic rings. The largest absolute Gasteiger partial charge is 0.493 e. The molecule has 3 rings (SSSR count). The van der Waals surface area contributed by atoms with Gasteiger partial charge in [-0.15, -0.1) is 0 Å². The van der Waals surface area contributed by atoms with Crippen molar-refractivity contribution in [3.05, 3.63) is 48.3 Å². The summed E-state index contributed by atoms with van der Waals surface area (Å²) in [6.45, 7) is 0.665. The summed E-state index contributed by atoms with van der Waals surface area (Å²) in [7, 11) is 3.23. The maximum absolute atomic E-state index is 12.3. The zero-order chi connectivity index (χ0) is 15.5. The fourth-order valence-electron chi connectivity index (χ4n) is 2.81. The van der Waals surface area contributed by atoms with Gasteiger partial charge in [0, 0.05) is 37.0 Å². The van der Waals surface area contributed by atoms with Crippen LogP contribution >= 0.6 is 0 Å². The molecule has 0 aliphatic carbocycles. The Morgan fingerprint density at radius 1 is 1.09 bits per heavy atom. The van der Waals surface area contributed by atoms with Gasteiger partial charge in [0.05, 0.1) is 14.2 Å². The van der Waals surface area contributed by atoms with Gasteiger partial charge in [0.1, 0.15) is 0 Å². The topological polar surface area (TPSA) is 51.7 Å². The number of methoxy groups -OCH3 is 2. The number of hydrogen-bond donors (Lipinski definition) is 0. The summed E-state index contributed by atoms with van der Waals surface area (Å²) in [6, 6.07) is 9.54. The predicted molar refractivity (Wildman–Crippen MR) is 83.5 cm³/mol. The van der Waals surface area contributed by atoms with Crippen LogP contribution in [0.25, 0.3) is 0 Å². The van der Waals surface area contributed by atoms with Gasteiger partial charge in [-0.25, -0.2) is 0 Å². The normalized spacial score (nSPS) is 17.6. The standard InChI is InChI=1S/C17H18N2O3/c1-21-15-4-3-12(9-16(15)22-2)13-10-17(20)19(11-13)14-5-7-18-8-6-14/h3-9,13H,10-11H2,1-2H3. The summed E-state index contributed by atoms with van der Waals surface area (Å²) in [6.07, 6.45) is 3.90. The first kappa shape index (κ1) is 14.4. The number of hydrogen-bond acceptors (Lipinski definition) is 4. The number of ether oxygens (including phenoxy) is 2. The van der Waals surface area contributed by atoms with Gasteiger partial charge < -0.3 is 14.4 Å². The summed E-state index contributed by atoms with van der Waals surface area (Å²) in [5.41, 5.74) is 1.98. The molecule has 1 aromatic heterocycles. The molecule has 1 fully saturated rings. The van der Waals surface area contributed by atoms with Crippen LogP contribution in [-0.4, -0.2) is 31.7 Å². The highest BCUT2D eigenvalue weighted by Gasteiger charge is 2.32. The van der Waals surface area contributed by atoms with Crippen molar-refractivity contribution in [2.75, 3.05) is 25.7 Å². The van der Waals surface area contributed by atoms with E-state index in [-0.39, 0.29) is 11.8 Å². The van der Waals surface area contributed by atoms with E-state index in [9.17, 15) is 4.79 Å². The zero-order valence-electron chi connectivity index (χ0n) is 12.7. The van der Waals surface area contributed by atoms with E-state index in [0.29, 0.717) is 24.5 Å². The molecule has 0 N–H and O–H groups in total. The number of benzene rings is 1. The molecule has 5 nitrogen and oxygen atoms in total. The number of carbonyl (C=O) groups excluding carboxylic acids is 1. The third-order valence-electron chi connectivity index (χ3n) is 3.98. The van der Waals surface area contributed by atoms with Gasteiger partial charge in [0.25, 0.3) is 0 Å². The lowest BCUT2D eigenvalue weighted by molar-refractivity contribution is -0.117. The van der Waals surface area contributed by atoms with Crippen LogP contribution in [0.2, 0.25) is 0 Å². The third-order valence-corrected chi connectivity index (χ3v) is 3.98. The third kappa shape index (κ3) is 2.62. The molecule has 2 aromatic rings. The lowest BCUT2D eigenvalue weighted by Gasteiger charge is -2.17. The fourth-order valence-corrected chi connectivity index (χ4v) is 2.81. The second-order valence-electron chi connectivity index (χ2n) is 5.23. The van der Waals surface area contributed by atoms with Gasteiger partial charge in [-0.3, -0.25) is 9.78 Å². The van der Waals surface area contributed by atoms with Gasteiger partial charge in [-0.2, -0.15) is 0 Å². The number of carbonyl (C=O) groups is 1. The highest BCUT2D eigenvalue weighted by atomic mass is 16.5. The van der Waals surface area contributed by atoms with E-state index in [0.717, 1.165) is 11.3 Å². The van der Waals surface area contributed by atoms with Gasteiger partial charge in [0.2, 0.25) is 5.91 Å². The monoisotopic (exact) mass is 298 g/mol. The number of rotatable bonds is 4. The number of aromatic nitrogens is 1. The Labute approximate surface area is 129 Å². The highest BCUT2D eigenvalue weighted by molar-refractivity contribution is 5.96. The molecule has 22 heavy (non-hydrogen) atoms. The van der Waals surface area contributed by atoms with E-state index in [4.69, 9.17) is 9.47 Å². The minimum absolute atomic E-state index is 0.131. The van der Waals surface area contributed by atoms with Gasteiger partial charge in [-0.05, 0) is 29.8 Å². The lowest BCUT2D eigenvalue weighted by Crippen LogP contribution is -2.24. The molecule has 114 valence electrons. The van der Waals surface area contributed by atoms with Crippen molar-refractivity contribution in [2.24, 2.45) is 0 Å². The van der Waals surface area contributed by atoms with Crippen LogP contribution in [0.1, 0.15) is 17.9 Å². The summed E-state index contributed by atoms with van der Waals surface area (Å²) in [5.74, 6) is 1.67. The van der Waals surface area contributed by atoms with Crippen molar-refractivity contribution < 1.29 is 14.3 Å². The molecule has 2 heterocycles. The molecule has 0 radical (unpaired) electrons. The van der Waals surface area contributed by atoms with Crippen molar-refractivity contribution in [1.29, 1.82) is 0 Å². The Morgan fingerprint density at radius 2 is 1.82 bits per heavy atom. The Bertz CT molecular complexity index is 673. The summed E-state index contributed by atoms with van der Waals surface area (Å²) in [4.78, 5) is 18.1. The average Bonchev–Trinajstić information content (AvgIpc) is 2.97. The van der Waals surface area contributed by atoms with Gasteiger partial charge in [0.15, 0.2) is 11.5 Å². The van der Waals surface area contributed by atoms with E-state index in [1.54, 1.807) is 26.6 Å². The summed E-state index contributed by atoms with van der Waals surface area (Å²) < 4.78 is 10.6. The van der Waals surface area contributed by atoms with E-state index < -0.39 is 0 Å². The average molecular weight is 298 g/mol. The van der Waals surface area contributed by atoms with E-state index in [2.05, 4.69) is 4.98 Å². The minimum atomic E-state index is 0.131. The van der Waals surface area contributed by atoms with Crippen molar-refractivity contribution in [2.45, 2.75) is 12.3 Å². The van der Waals surface area contributed by atoms with E-state index in [1.807, 2.05) is 35.2 Å². The molecule has 1 aliphatic heterocycles. The van der Waals surface area contributed by atoms with Crippen molar-refractivity contribution >= 4 is 11.6 Å². The van der Waals surface area contributed by atoms with Crippen LogP contribution in [0.15, 0.2) is 42.7 Å². The summed E-state index contributed by atoms with van der Waals surface area (Å²) in [5, 5.41) is 0. The van der Waals surface area contributed by atoms with Crippen LogP contribution in [0.3, 0.4) is 0 Å². The molecule has 1 atom stereocenters.